The fourth-order valence-corrected chi connectivity index (χ4v) is 1.88. The van der Waals surface area contributed by atoms with Crippen molar-refractivity contribution >= 4 is 0 Å². The molecule has 12 heavy (non-hydrogen) atoms. The van der Waals surface area contributed by atoms with Crippen molar-refractivity contribution < 1.29 is 0 Å². The van der Waals surface area contributed by atoms with Crippen LogP contribution >= 0.6 is 0 Å². The molecular formula is C11H21N. The summed E-state index contributed by atoms with van der Waals surface area (Å²) < 4.78 is 0. The van der Waals surface area contributed by atoms with Crippen molar-refractivity contribution in [3.8, 4) is 0 Å². The quantitative estimate of drug-likeness (QED) is 0.678. The molecular weight excluding hydrogens is 146 g/mol. The second kappa shape index (κ2) is 5.23. The van der Waals surface area contributed by atoms with Crippen LogP contribution < -0.4 is 5.32 Å². The summed E-state index contributed by atoms with van der Waals surface area (Å²) in [5.74, 6) is 0.859. The van der Waals surface area contributed by atoms with Crippen LogP contribution in [0.25, 0.3) is 0 Å². The zero-order chi connectivity index (χ0) is 8.81. The van der Waals surface area contributed by atoms with Crippen molar-refractivity contribution in [3.63, 3.8) is 0 Å². The van der Waals surface area contributed by atoms with Gasteiger partial charge < -0.3 is 5.32 Å². The highest BCUT2D eigenvalue weighted by molar-refractivity contribution is 5.05. The number of rotatable bonds is 4. The Balaban J connectivity index is 2.39. The van der Waals surface area contributed by atoms with E-state index in [0.29, 0.717) is 0 Å². The van der Waals surface area contributed by atoms with Gasteiger partial charge in [-0.05, 0) is 25.2 Å². The van der Waals surface area contributed by atoms with Crippen LogP contribution in [0.2, 0.25) is 0 Å². The fourth-order valence-electron chi connectivity index (χ4n) is 1.88. The van der Waals surface area contributed by atoms with Crippen LogP contribution in [0.15, 0.2) is 11.8 Å². The molecule has 1 aliphatic rings. The molecule has 70 valence electrons. The molecule has 1 heteroatoms. The van der Waals surface area contributed by atoms with Gasteiger partial charge in [-0.25, -0.2) is 0 Å². The van der Waals surface area contributed by atoms with Gasteiger partial charge in [-0.15, -0.1) is 0 Å². The number of allylic oxidation sites excluding steroid dienone is 2. The Kier molecular flexibility index (Phi) is 4.20. The minimum absolute atomic E-state index is 0.859. The average Bonchev–Trinajstić information content (AvgIpc) is 2.06. The molecule has 1 heterocycles. The maximum Gasteiger partial charge on any atom is 0.0149 e. The van der Waals surface area contributed by atoms with E-state index < -0.39 is 0 Å². The van der Waals surface area contributed by atoms with E-state index in [2.05, 4.69) is 25.2 Å². The third-order valence-corrected chi connectivity index (χ3v) is 2.48. The van der Waals surface area contributed by atoms with E-state index in [1.54, 1.807) is 0 Å². The molecule has 1 aliphatic heterocycles. The van der Waals surface area contributed by atoms with Gasteiger partial charge in [-0.2, -0.15) is 0 Å². The number of hydrogen-bond donors (Lipinski definition) is 1. The van der Waals surface area contributed by atoms with E-state index in [-0.39, 0.29) is 0 Å². The molecule has 1 rings (SSSR count). The van der Waals surface area contributed by atoms with E-state index in [9.17, 15) is 0 Å². The molecule has 0 radical (unpaired) electrons. The third-order valence-electron chi connectivity index (χ3n) is 2.48. The van der Waals surface area contributed by atoms with Crippen molar-refractivity contribution in [1.29, 1.82) is 0 Å². The Morgan fingerprint density at radius 2 is 2.25 bits per heavy atom. The Morgan fingerprint density at radius 1 is 1.42 bits per heavy atom. The zero-order valence-corrected chi connectivity index (χ0v) is 8.40. The first kappa shape index (κ1) is 9.63. The highest BCUT2D eigenvalue weighted by Crippen LogP contribution is 2.19. The summed E-state index contributed by atoms with van der Waals surface area (Å²) >= 11 is 0. The lowest BCUT2D eigenvalue weighted by Gasteiger charge is -2.22. The van der Waals surface area contributed by atoms with Crippen LogP contribution in [-0.2, 0) is 0 Å². The maximum absolute atomic E-state index is 3.47. The molecule has 0 aliphatic carbocycles. The second-order valence-corrected chi connectivity index (χ2v) is 3.71. The van der Waals surface area contributed by atoms with Crippen LogP contribution in [0, 0.1) is 5.92 Å². The van der Waals surface area contributed by atoms with Gasteiger partial charge in [0.15, 0.2) is 0 Å². The van der Waals surface area contributed by atoms with Crippen molar-refractivity contribution in [2.45, 2.75) is 46.0 Å². The monoisotopic (exact) mass is 167 g/mol. The van der Waals surface area contributed by atoms with Crippen LogP contribution in [0.5, 0.6) is 0 Å². The van der Waals surface area contributed by atoms with Gasteiger partial charge in [0.25, 0.3) is 0 Å². The molecule has 0 aromatic carbocycles. The average molecular weight is 167 g/mol. The lowest BCUT2D eigenvalue weighted by atomic mass is 9.95. The van der Waals surface area contributed by atoms with Crippen LogP contribution in [0.4, 0.5) is 0 Å². The highest BCUT2D eigenvalue weighted by Gasteiger charge is 2.10. The lowest BCUT2D eigenvalue weighted by molar-refractivity contribution is 0.484. The van der Waals surface area contributed by atoms with Crippen LogP contribution in [0.3, 0.4) is 0 Å². The van der Waals surface area contributed by atoms with Crippen molar-refractivity contribution in [3.05, 3.63) is 11.8 Å². The molecule has 0 bridgehead atoms. The highest BCUT2D eigenvalue weighted by atomic mass is 14.9. The minimum atomic E-state index is 0.859. The SMILES string of the molecule is CCCC1=CC(CCC)CCN1. The number of hydrogen-bond acceptors (Lipinski definition) is 1. The molecule has 1 N–H and O–H groups in total. The molecule has 0 fully saturated rings. The van der Waals surface area contributed by atoms with E-state index in [4.69, 9.17) is 0 Å². The molecule has 0 aromatic rings. The first-order valence-corrected chi connectivity index (χ1v) is 5.31. The molecule has 0 saturated carbocycles. The van der Waals surface area contributed by atoms with Crippen LogP contribution in [-0.4, -0.2) is 6.54 Å². The molecule has 0 spiro atoms. The predicted octanol–water partition coefficient (Wildman–Crippen LogP) is 3.08. The zero-order valence-electron chi connectivity index (χ0n) is 8.40. The summed E-state index contributed by atoms with van der Waals surface area (Å²) in [6.45, 7) is 5.71. The Hall–Kier alpha value is -0.460. The van der Waals surface area contributed by atoms with Gasteiger partial charge in [-0.3, -0.25) is 0 Å². The molecule has 0 saturated heterocycles. The summed E-state index contributed by atoms with van der Waals surface area (Å²) in [7, 11) is 0. The molecule has 0 aromatic heterocycles. The summed E-state index contributed by atoms with van der Waals surface area (Å²) in [5.41, 5.74) is 1.49. The molecule has 1 atom stereocenters. The van der Waals surface area contributed by atoms with Gasteiger partial charge in [0, 0.05) is 12.2 Å². The normalized spacial score (nSPS) is 23.2. The fraction of sp³-hybridized carbons (Fsp3) is 0.818. The van der Waals surface area contributed by atoms with E-state index in [0.717, 1.165) is 5.92 Å². The summed E-state index contributed by atoms with van der Waals surface area (Å²) in [5, 5.41) is 3.47. The van der Waals surface area contributed by atoms with Crippen molar-refractivity contribution in [1.82, 2.24) is 5.32 Å². The Labute approximate surface area is 76.2 Å². The van der Waals surface area contributed by atoms with Gasteiger partial charge in [0.1, 0.15) is 0 Å². The van der Waals surface area contributed by atoms with Gasteiger partial charge in [-0.1, -0.05) is 32.8 Å². The lowest BCUT2D eigenvalue weighted by Crippen LogP contribution is -2.23. The van der Waals surface area contributed by atoms with Crippen LogP contribution in [0.1, 0.15) is 46.0 Å². The molecule has 1 unspecified atom stereocenters. The maximum atomic E-state index is 3.47. The smallest absolute Gasteiger partial charge is 0.0149 e. The van der Waals surface area contributed by atoms with E-state index in [1.165, 1.54) is 44.3 Å². The Morgan fingerprint density at radius 3 is 2.92 bits per heavy atom. The molecule has 1 nitrogen and oxygen atoms in total. The minimum Gasteiger partial charge on any atom is -0.389 e. The first-order valence-electron chi connectivity index (χ1n) is 5.31. The summed E-state index contributed by atoms with van der Waals surface area (Å²) in [6.07, 6.45) is 8.98. The number of nitrogens with one attached hydrogen (secondary N) is 1. The van der Waals surface area contributed by atoms with Gasteiger partial charge >= 0.3 is 0 Å². The molecule has 0 amide bonds. The van der Waals surface area contributed by atoms with Gasteiger partial charge in [0.05, 0.1) is 0 Å². The van der Waals surface area contributed by atoms with E-state index >= 15 is 0 Å². The first-order chi connectivity index (χ1) is 5.86. The van der Waals surface area contributed by atoms with E-state index in [1.807, 2.05) is 0 Å². The van der Waals surface area contributed by atoms with Crippen molar-refractivity contribution in [2.75, 3.05) is 6.54 Å². The van der Waals surface area contributed by atoms with Crippen molar-refractivity contribution in [2.24, 2.45) is 5.92 Å². The van der Waals surface area contributed by atoms with Gasteiger partial charge in [0.2, 0.25) is 0 Å². The summed E-state index contributed by atoms with van der Waals surface area (Å²) in [4.78, 5) is 0. The summed E-state index contributed by atoms with van der Waals surface area (Å²) in [6, 6.07) is 0. The second-order valence-electron chi connectivity index (χ2n) is 3.71. The third kappa shape index (κ3) is 2.88. The topological polar surface area (TPSA) is 12.0 Å². The predicted molar refractivity (Wildman–Crippen MR) is 54.0 cm³/mol. The largest absolute Gasteiger partial charge is 0.389 e. The standard InChI is InChI=1S/C11H21N/c1-3-5-10-7-8-12-11(9-10)6-4-2/h9-10,12H,3-8H2,1-2H3. The Bertz CT molecular complexity index is 149.